The minimum Gasteiger partial charge on any atom is -0.477 e. The highest BCUT2D eigenvalue weighted by Crippen LogP contribution is 2.37. The summed E-state index contributed by atoms with van der Waals surface area (Å²) in [5, 5.41) is 116. The number of aliphatic carboxylic acids is 1. The molecule has 46 heavy (non-hydrogen) atoms. The van der Waals surface area contributed by atoms with Crippen LogP contribution in [0.15, 0.2) is 0 Å². The van der Waals surface area contributed by atoms with Gasteiger partial charge in [-0.2, -0.15) is 0 Å². The Kier molecular flexibility index (Phi) is 14.0. The first-order valence-electron chi connectivity index (χ1n) is 14.7. The van der Waals surface area contributed by atoms with E-state index in [0.717, 1.165) is 7.11 Å². The second-order valence-electron chi connectivity index (χ2n) is 11.4. The number of hydrogen-bond donors (Lipinski definition) is 12. The summed E-state index contributed by atoms with van der Waals surface area (Å²) >= 11 is 0. The Labute approximate surface area is 262 Å². The summed E-state index contributed by atoms with van der Waals surface area (Å²) in [4.78, 5) is 25.0. The van der Waals surface area contributed by atoms with Crippen molar-refractivity contribution < 1.29 is 94.2 Å². The molecule has 1 amide bonds. The van der Waals surface area contributed by atoms with Crippen molar-refractivity contribution >= 4 is 11.9 Å². The molecule has 3 heterocycles. The fraction of sp³-hybridized carbons (Fsp3) is 0.923. The van der Waals surface area contributed by atoms with Crippen LogP contribution in [0.3, 0.4) is 0 Å². The maximum absolute atomic E-state index is 12.6. The van der Waals surface area contributed by atoms with E-state index in [-0.39, 0.29) is 6.42 Å². The zero-order valence-electron chi connectivity index (χ0n) is 25.1. The second-order valence-corrected chi connectivity index (χ2v) is 11.4. The Bertz CT molecular complexity index is 991. The summed E-state index contributed by atoms with van der Waals surface area (Å²) in [7, 11) is 1.16. The van der Waals surface area contributed by atoms with Crippen molar-refractivity contribution in [3.63, 3.8) is 0 Å². The molecule has 0 aromatic heterocycles. The minimum atomic E-state index is -2.98. The van der Waals surface area contributed by atoms with E-state index in [4.69, 9.17) is 28.4 Å². The molecule has 16 atom stereocenters. The smallest absolute Gasteiger partial charge is 0.364 e. The number of rotatable bonds is 14. The zero-order valence-corrected chi connectivity index (χ0v) is 25.1. The van der Waals surface area contributed by atoms with Gasteiger partial charge in [-0.05, 0) is 6.42 Å². The van der Waals surface area contributed by atoms with Gasteiger partial charge in [-0.3, -0.25) is 4.79 Å². The van der Waals surface area contributed by atoms with Crippen LogP contribution in [0.2, 0.25) is 0 Å². The fourth-order valence-electron chi connectivity index (χ4n) is 5.49. The third kappa shape index (κ3) is 8.29. The Morgan fingerprint density at radius 3 is 2.15 bits per heavy atom. The van der Waals surface area contributed by atoms with Gasteiger partial charge in [0.05, 0.1) is 32.0 Å². The highest BCUT2D eigenvalue weighted by Gasteiger charge is 2.59. The van der Waals surface area contributed by atoms with Crippen LogP contribution in [0.4, 0.5) is 0 Å². The highest BCUT2D eigenvalue weighted by atomic mass is 16.8. The van der Waals surface area contributed by atoms with E-state index in [0.29, 0.717) is 6.42 Å². The quantitative estimate of drug-likeness (QED) is 0.0814. The number of nitrogens with one attached hydrogen (secondary N) is 1. The number of ether oxygens (including phenoxy) is 6. The largest absolute Gasteiger partial charge is 0.477 e. The molecule has 3 aliphatic heterocycles. The lowest BCUT2D eigenvalue weighted by Crippen LogP contribution is -2.70. The molecular formula is C26H45NO19. The van der Waals surface area contributed by atoms with Crippen molar-refractivity contribution in [2.75, 3.05) is 26.9 Å². The van der Waals surface area contributed by atoms with E-state index in [1.54, 1.807) is 6.92 Å². The van der Waals surface area contributed by atoms with Crippen molar-refractivity contribution in [1.29, 1.82) is 0 Å². The van der Waals surface area contributed by atoms with Crippen molar-refractivity contribution in [3.05, 3.63) is 0 Å². The van der Waals surface area contributed by atoms with Crippen LogP contribution in [0.5, 0.6) is 0 Å². The maximum Gasteiger partial charge on any atom is 0.364 e. The van der Waals surface area contributed by atoms with Crippen LogP contribution < -0.4 is 5.32 Å². The molecule has 0 saturated carbocycles. The predicted octanol–water partition coefficient (Wildman–Crippen LogP) is -6.79. The highest BCUT2D eigenvalue weighted by molar-refractivity contribution is 5.77. The predicted molar refractivity (Wildman–Crippen MR) is 144 cm³/mol. The van der Waals surface area contributed by atoms with Gasteiger partial charge in [0.2, 0.25) is 5.91 Å². The number of carboxylic acids is 1. The first-order chi connectivity index (χ1) is 21.7. The van der Waals surface area contributed by atoms with Crippen molar-refractivity contribution in [2.45, 2.75) is 124 Å². The molecule has 3 rings (SSSR count). The number of aliphatic hydroxyl groups excluding tert-OH is 10. The first-order valence-corrected chi connectivity index (χ1v) is 14.7. The molecule has 12 N–H and O–H groups in total. The summed E-state index contributed by atoms with van der Waals surface area (Å²) in [6, 6.07) is -1.51. The third-order valence-electron chi connectivity index (χ3n) is 8.10. The van der Waals surface area contributed by atoms with E-state index in [1.807, 2.05) is 0 Å². The molecule has 0 unspecified atom stereocenters. The third-order valence-corrected chi connectivity index (χ3v) is 8.10. The zero-order chi connectivity index (χ0) is 34.5. The lowest BCUT2D eigenvalue weighted by Gasteiger charge is -2.50. The molecular weight excluding hydrogens is 630 g/mol. The lowest BCUT2D eigenvalue weighted by atomic mass is 9.88. The van der Waals surface area contributed by atoms with Crippen LogP contribution in [-0.4, -0.2) is 193 Å². The topological polar surface area (TPSA) is 324 Å². The van der Waals surface area contributed by atoms with Gasteiger partial charge in [0.25, 0.3) is 5.79 Å². The number of carbonyl (C=O) groups excluding carboxylic acids is 1. The molecule has 268 valence electrons. The maximum atomic E-state index is 12.6. The van der Waals surface area contributed by atoms with Gasteiger partial charge in [0.1, 0.15) is 67.1 Å². The molecule has 0 bridgehead atoms. The molecule has 0 radical (unpaired) electrons. The van der Waals surface area contributed by atoms with E-state index in [1.165, 1.54) is 0 Å². The lowest BCUT2D eigenvalue weighted by molar-refractivity contribution is -0.373. The number of hydrogen-bond acceptors (Lipinski definition) is 18. The van der Waals surface area contributed by atoms with E-state index in [2.05, 4.69) is 5.32 Å². The Morgan fingerprint density at radius 2 is 1.59 bits per heavy atom. The van der Waals surface area contributed by atoms with Gasteiger partial charge >= 0.3 is 5.97 Å². The number of carboxylic acid groups (broad SMARTS) is 1. The van der Waals surface area contributed by atoms with Crippen LogP contribution in [0.25, 0.3) is 0 Å². The summed E-state index contributed by atoms with van der Waals surface area (Å²) < 4.78 is 32.4. The standard InChI is InChI=1S/C26H45NO19/c1-3-4-13(32)27-14-9(30)5-26(25(39)40,45-21(14)15(33)10(31)6-28)46-22-17(35)11(7-29)43-24(20(22)38)42-8-12-16(34)18(36)19(37)23(41-2)44-12/h9-12,14-24,28-31,33-38H,3-8H2,1-2H3,(H,27,32)(H,39,40)/t9-,10+,11+,12+,14+,15+,16+,17-,18-,19+,20+,21+,22-,23-,24+,26-/m0/s1. The summed E-state index contributed by atoms with van der Waals surface area (Å²) in [5.74, 6) is -5.52. The van der Waals surface area contributed by atoms with Crippen molar-refractivity contribution in [2.24, 2.45) is 0 Å². The average Bonchev–Trinajstić information content (AvgIpc) is 3.02. The normalized spacial score (nSPS) is 43.1. The SMILES string of the molecule is CCCC(=O)N[C@H]1[C@H]([C@H](O)[C@H](O)CO)O[C@@](O[C@H]2[C@@H](O)[C@@H](CO)O[C@@H](OC[C@H]3O[C@H](OC)[C@H](O)[C@@H](O)[C@@H]3O)[C@@H]2O)(C(=O)O)C[C@@H]1O. The van der Waals surface area contributed by atoms with Gasteiger partial charge in [-0.25, -0.2) is 4.79 Å². The summed E-state index contributed by atoms with van der Waals surface area (Å²) in [5.41, 5.74) is 0. The average molecular weight is 676 g/mol. The Balaban J connectivity index is 1.87. The van der Waals surface area contributed by atoms with Gasteiger partial charge in [-0.1, -0.05) is 6.92 Å². The van der Waals surface area contributed by atoms with Gasteiger partial charge in [-0.15, -0.1) is 0 Å². The van der Waals surface area contributed by atoms with Gasteiger partial charge in [0, 0.05) is 20.0 Å². The van der Waals surface area contributed by atoms with E-state index in [9.17, 15) is 65.8 Å². The Hall–Kier alpha value is -1.70. The molecule has 20 heteroatoms. The monoisotopic (exact) mass is 675 g/mol. The van der Waals surface area contributed by atoms with Crippen molar-refractivity contribution in [1.82, 2.24) is 5.32 Å². The first kappa shape index (κ1) is 38.7. The van der Waals surface area contributed by atoms with Crippen LogP contribution in [-0.2, 0) is 38.0 Å². The van der Waals surface area contributed by atoms with Crippen molar-refractivity contribution in [3.8, 4) is 0 Å². The minimum absolute atomic E-state index is 0.0197. The molecule has 0 aromatic carbocycles. The molecule has 20 nitrogen and oxygen atoms in total. The molecule has 3 saturated heterocycles. The molecule has 3 aliphatic rings. The molecule has 3 fully saturated rings. The summed E-state index contributed by atoms with van der Waals surface area (Å²) in [6.45, 7) is -0.887. The molecule has 0 aliphatic carbocycles. The van der Waals surface area contributed by atoms with Crippen LogP contribution in [0, 0.1) is 0 Å². The number of aliphatic hydroxyl groups is 10. The molecule has 0 aromatic rings. The Morgan fingerprint density at radius 1 is 0.935 bits per heavy atom. The molecule has 0 spiro atoms. The van der Waals surface area contributed by atoms with E-state index < -0.39 is 136 Å². The fourth-order valence-corrected chi connectivity index (χ4v) is 5.49. The van der Waals surface area contributed by atoms with Crippen LogP contribution in [0.1, 0.15) is 26.2 Å². The van der Waals surface area contributed by atoms with Gasteiger partial charge in [0.15, 0.2) is 12.6 Å². The van der Waals surface area contributed by atoms with E-state index >= 15 is 0 Å². The second kappa shape index (κ2) is 16.6. The van der Waals surface area contributed by atoms with Crippen LogP contribution >= 0.6 is 0 Å². The number of carbonyl (C=O) groups is 2. The number of methoxy groups -OCH3 is 1. The summed E-state index contributed by atoms with van der Waals surface area (Å²) in [6.07, 6.45) is -25.6. The number of amides is 1. The van der Waals surface area contributed by atoms with Gasteiger partial charge < -0.3 is 89.9 Å².